The highest BCUT2D eigenvalue weighted by Gasteiger charge is 2.06. The van der Waals surface area contributed by atoms with Gasteiger partial charge in [-0.2, -0.15) is 0 Å². The van der Waals surface area contributed by atoms with E-state index in [1.807, 2.05) is 6.07 Å². The molecular weight excluding hydrogens is 318 g/mol. The van der Waals surface area contributed by atoms with Gasteiger partial charge in [0, 0.05) is 11.4 Å². The minimum Gasteiger partial charge on any atom is -0.454 e. The fourth-order valence-corrected chi connectivity index (χ4v) is 1.83. The third-order valence-corrected chi connectivity index (χ3v) is 3.02. The molecular formula is C13H9BrClNO2. The molecule has 0 fully saturated rings. The van der Waals surface area contributed by atoms with Gasteiger partial charge in [0.2, 0.25) is 0 Å². The smallest absolute Gasteiger partial charge is 0.178 e. The number of nitrogens with zero attached hydrogens (tertiary/aromatic N) is 1. The van der Waals surface area contributed by atoms with Crippen LogP contribution in [0.2, 0.25) is 5.02 Å². The lowest BCUT2D eigenvalue weighted by molar-refractivity contribution is 0.101. The van der Waals surface area contributed by atoms with Gasteiger partial charge in [0.05, 0.1) is 11.2 Å². The van der Waals surface area contributed by atoms with Crippen LogP contribution in [0.25, 0.3) is 0 Å². The number of aromatic nitrogens is 1. The fraction of sp³-hybridized carbons (Fsp3) is 0.0769. The Labute approximate surface area is 118 Å². The number of benzene rings is 1. The van der Waals surface area contributed by atoms with E-state index in [0.29, 0.717) is 22.2 Å². The van der Waals surface area contributed by atoms with Crippen LogP contribution in [0, 0.1) is 0 Å². The summed E-state index contributed by atoms with van der Waals surface area (Å²) in [6.45, 7) is 1.47. The second-order valence-corrected chi connectivity index (χ2v) is 4.94. The lowest BCUT2D eigenvalue weighted by Crippen LogP contribution is -1.96. The van der Waals surface area contributed by atoms with Gasteiger partial charge in [-0.05, 0) is 30.3 Å². The van der Waals surface area contributed by atoms with Crippen molar-refractivity contribution in [2.45, 2.75) is 6.92 Å². The maximum atomic E-state index is 11.1. The SMILES string of the molecule is CC(=O)c1ccc(Oc2cc(Br)ccc2Cl)cn1. The molecule has 0 aliphatic heterocycles. The van der Waals surface area contributed by atoms with Crippen molar-refractivity contribution < 1.29 is 9.53 Å². The third-order valence-electron chi connectivity index (χ3n) is 2.22. The summed E-state index contributed by atoms with van der Waals surface area (Å²) in [4.78, 5) is 15.1. The van der Waals surface area contributed by atoms with E-state index < -0.39 is 0 Å². The van der Waals surface area contributed by atoms with Crippen molar-refractivity contribution >= 4 is 33.3 Å². The number of halogens is 2. The summed E-state index contributed by atoms with van der Waals surface area (Å²) in [6.07, 6.45) is 1.49. The molecule has 0 aliphatic rings. The van der Waals surface area contributed by atoms with Gasteiger partial charge < -0.3 is 4.74 Å². The van der Waals surface area contributed by atoms with E-state index in [1.54, 1.807) is 24.3 Å². The topological polar surface area (TPSA) is 39.2 Å². The predicted molar refractivity (Wildman–Crippen MR) is 73.5 cm³/mol. The number of pyridine rings is 1. The van der Waals surface area contributed by atoms with Gasteiger partial charge in [-0.15, -0.1) is 0 Å². The summed E-state index contributed by atoms with van der Waals surface area (Å²) < 4.78 is 6.46. The van der Waals surface area contributed by atoms with E-state index in [9.17, 15) is 4.79 Å². The van der Waals surface area contributed by atoms with Gasteiger partial charge in [-0.1, -0.05) is 27.5 Å². The minimum atomic E-state index is -0.0814. The second kappa shape index (κ2) is 5.50. The lowest BCUT2D eigenvalue weighted by Gasteiger charge is -2.07. The van der Waals surface area contributed by atoms with Crippen LogP contribution in [0.1, 0.15) is 17.4 Å². The van der Waals surface area contributed by atoms with E-state index in [0.717, 1.165) is 4.47 Å². The Morgan fingerprint density at radius 1 is 1.33 bits per heavy atom. The summed E-state index contributed by atoms with van der Waals surface area (Å²) in [5.41, 5.74) is 0.405. The molecule has 0 atom stereocenters. The third kappa shape index (κ3) is 3.09. The number of hydrogen-bond acceptors (Lipinski definition) is 3. The molecule has 2 rings (SSSR count). The molecule has 0 bridgehead atoms. The van der Waals surface area contributed by atoms with E-state index >= 15 is 0 Å². The van der Waals surface area contributed by atoms with Crippen molar-refractivity contribution in [3.63, 3.8) is 0 Å². The molecule has 0 N–H and O–H groups in total. The summed E-state index contributed by atoms with van der Waals surface area (Å²) in [6, 6.07) is 8.62. The van der Waals surface area contributed by atoms with Gasteiger partial charge in [0.25, 0.3) is 0 Å². The molecule has 3 nitrogen and oxygen atoms in total. The first-order chi connectivity index (χ1) is 8.56. The number of ketones is 1. The van der Waals surface area contributed by atoms with Crippen molar-refractivity contribution in [3.05, 3.63) is 51.7 Å². The number of carbonyl (C=O) groups is 1. The Kier molecular flexibility index (Phi) is 3.99. The van der Waals surface area contributed by atoms with Crippen LogP contribution in [0.5, 0.6) is 11.5 Å². The maximum absolute atomic E-state index is 11.1. The van der Waals surface area contributed by atoms with Crippen molar-refractivity contribution in [2.75, 3.05) is 0 Å². The number of hydrogen-bond donors (Lipinski definition) is 0. The van der Waals surface area contributed by atoms with E-state index in [-0.39, 0.29) is 5.78 Å². The van der Waals surface area contributed by atoms with Crippen LogP contribution < -0.4 is 4.74 Å². The highest BCUT2D eigenvalue weighted by molar-refractivity contribution is 9.10. The molecule has 0 radical (unpaired) electrons. The Hall–Kier alpha value is -1.39. The highest BCUT2D eigenvalue weighted by Crippen LogP contribution is 2.31. The second-order valence-electron chi connectivity index (χ2n) is 3.61. The zero-order valence-corrected chi connectivity index (χ0v) is 11.8. The van der Waals surface area contributed by atoms with Crippen LogP contribution in [0.3, 0.4) is 0 Å². The number of ether oxygens (including phenoxy) is 1. The molecule has 0 saturated carbocycles. The first-order valence-corrected chi connectivity index (χ1v) is 6.33. The fourth-order valence-electron chi connectivity index (χ4n) is 1.33. The lowest BCUT2D eigenvalue weighted by atomic mass is 10.3. The zero-order valence-electron chi connectivity index (χ0n) is 9.48. The molecule has 0 unspecified atom stereocenters. The molecule has 0 saturated heterocycles. The van der Waals surface area contributed by atoms with E-state index in [2.05, 4.69) is 20.9 Å². The number of Topliss-reactive ketones (excluding diaryl/α,β-unsaturated/α-hetero) is 1. The summed E-state index contributed by atoms with van der Waals surface area (Å²) in [7, 11) is 0. The average Bonchev–Trinajstić information content (AvgIpc) is 2.34. The quantitative estimate of drug-likeness (QED) is 0.780. The summed E-state index contributed by atoms with van der Waals surface area (Å²) in [5.74, 6) is 0.977. The first-order valence-electron chi connectivity index (χ1n) is 5.16. The van der Waals surface area contributed by atoms with Crippen LogP contribution in [-0.2, 0) is 0 Å². The average molecular weight is 327 g/mol. The van der Waals surface area contributed by atoms with Crippen LogP contribution in [-0.4, -0.2) is 10.8 Å². The largest absolute Gasteiger partial charge is 0.454 e. The minimum absolute atomic E-state index is 0.0814. The van der Waals surface area contributed by atoms with Crippen LogP contribution >= 0.6 is 27.5 Å². The molecule has 1 aromatic heterocycles. The van der Waals surface area contributed by atoms with Crippen molar-refractivity contribution in [1.29, 1.82) is 0 Å². The molecule has 0 amide bonds. The molecule has 2 aromatic rings. The van der Waals surface area contributed by atoms with E-state index in [4.69, 9.17) is 16.3 Å². The van der Waals surface area contributed by atoms with E-state index in [1.165, 1.54) is 13.1 Å². The van der Waals surface area contributed by atoms with Crippen molar-refractivity contribution in [3.8, 4) is 11.5 Å². The Morgan fingerprint density at radius 2 is 2.11 bits per heavy atom. The summed E-state index contributed by atoms with van der Waals surface area (Å²) >= 11 is 9.35. The van der Waals surface area contributed by atoms with Crippen molar-refractivity contribution in [2.24, 2.45) is 0 Å². The summed E-state index contributed by atoms with van der Waals surface area (Å²) in [5, 5.41) is 0.508. The van der Waals surface area contributed by atoms with Gasteiger partial charge in [-0.25, -0.2) is 4.98 Å². The van der Waals surface area contributed by atoms with Crippen molar-refractivity contribution in [1.82, 2.24) is 4.98 Å². The maximum Gasteiger partial charge on any atom is 0.178 e. The Bertz CT molecular complexity index is 584. The van der Waals surface area contributed by atoms with Crippen LogP contribution in [0.15, 0.2) is 41.0 Å². The molecule has 5 heteroatoms. The normalized spacial score (nSPS) is 10.2. The number of carbonyl (C=O) groups excluding carboxylic acids is 1. The van der Waals surface area contributed by atoms with Gasteiger partial charge in [0.1, 0.15) is 17.2 Å². The van der Waals surface area contributed by atoms with Crippen LogP contribution in [0.4, 0.5) is 0 Å². The molecule has 1 heterocycles. The zero-order chi connectivity index (χ0) is 13.1. The first kappa shape index (κ1) is 13.1. The van der Waals surface area contributed by atoms with Gasteiger partial charge in [-0.3, -0.25) is 4.79 Å². The highest BCUT2D eigenvalue weighted by atomic mass is 79.9. The Morgan fingerprint density at radius 3 is 2.72 bits per heavy atom. The Balaban J connectivity index is 2.23. The van der Waals surface area contributed by atoms with Gasteiger partial charge >= 0.3 is 0 Å². The number of rotatable bonds is 3. The monoisotopic (exact) mass is 325 g/mol. The molecule has 18 heavy (non-hydrogen) atoms. The molecule has 0 aliphatic carbocycles. The molecule has 1 aromatic carbocycles. The molecule has 92 valence electrons. The van der Waals surface area contributed by atoms with Gasteiger partial charge in [0.15, 0.2) is 5.78 Å². The molecule has 0 spiro atoms. The standard InChI is InChI=1S/C13H9BrClNO2/c1-8(17)12-5-3-10(7-16-12)18-13-6-9(14)2-4-11(13)15/h2-7H,1H3. The predicted octanol–water partition coefficient (Wildman–Crippen LogP) is 4.49.